The van der Waals surface area contributed by atoms with E-state index in [1.165, 1.54) is 0 Å². The first kappa shape index (κ1) is 8.90. The maximum absolute atomic E-state index is 4.96. The molecule has 72 valence electrons. The molecule has 0 N–H and O–H groups in total. The zero-order chi connectivity index (χ0) is 9.80. The lowest BCUT2D eigenvalue weighted by Crippen LogP contribution is -1.93. The first-order valence-corrected chi connectivity index (χ1v) is 4.36. The largest absolute Gasteiger partial charge is 0.378 e. The van der Waals surface area contributed by atoms with Crippen LogP contribution in [0.25, 0.3) is 5.69 Å². The fraction of sp³-hybridized carbons (Fsp3) is 0.200. The molecular weight excluding hydrogens is 178 g/mol. The highest BCUT2D eigenvalue weighted by molar-refractivity contribution is 5.29. The van der Waals surface area contributed by atoms with E-state index in [-0.39, 0.29) is 0 Å². The molecule has 0 fully saturated rings. The number of methoxy groups -OCH3 is 1. The standard InChI is InChI=1S/C10H11N3O/c1-14-8-9-7-13(12-11-9)10-5-3-2-4-6-10/h2-7H,8H2,1H3. The van der Waals surface area contributed by atoms with Gasteiger partial charge in [-0.2, -0.15) is 0 Å². The minimum Gasteiger partial charge on any atom is -0.378 e. The van der Waals surface area contributed by atoms with E-state index in [1.54, 1.807) is 11.8 Å². The Bertz CT molecular complexity index is 397. The highest BCUT2D eigenvalue weighted by atomic mass is 16.5. The van der Waals surface area contributed by atoms with Gasteiger partial charge in [-0.3, -0.25) is 0 Å². The fourth-order valence-electron chi connectivity index (χ4n) is 1.22. The van der Waals surface area contributed by atoms with E-state index >= 15 is 0 Å². The third kappa shape index (κ3) is 1.80. The summed E-state index contributed by atoms with van der Waals surface area (Å²) < 4.78 is 6.69. The lowest BCUT2D eigenvalue weighted by atomic mass is 10.3. The van der Waals surface area contributed by atoms with Gasteiger partial charge in [0.2, 0.25) is 0 Å². The predicted molar refractivity (Wildman–Crippen MR) is 52.1 cm³/mol. The van der Waals surface area contributed by atoms with E-state index in [9.17, 15) is 0 Å². The summed E-state index contributed by atoms with van der Waals surface area (Å²) >= 11 is 0. The molecule has 0 unspecified atom stereocenters. The summed E-state index contributed by atoms with van der Waals surface area (Å²) in [5, 5.41) is 7.96. The first-order chi connectivity index (χ1) is 6.90. The fourth-order valence-corrected chi connectivity index (χ4v) is 1.22. The molecule has 1 aromatic carbocycles. The molecule has 14 heavy (non-hydrogen) atoms. The Labute approximate surface area is 82.1 Å². The van der Waals surface area contributed by atoms with Gasteiger partial charge in [0.15, 0.2) is 0 Å². The van der Waals surface area contributed by atoms with Crippen LogP contribution in [-0.2, 0) is 11.3 Å². The van der Waals surface area contributed by atoms with Crippen LogP contribution >= 0.6 is 0 Å². The van der Waals surface area contributed by atoms with Crippen LogP contribution in [0.15, 0.2) is 36.5 Å². The summed E-state index contributed by atoms with van der Waals surface area (Å²) in [5.74, 6) is 0. The molecule has 0 radical (unpaired) electrons. The van der Waals surface area contributed by atoms with Gasteiger partial charge >= 0.3 is 0 Å². The molecule has 2 aromatic rings. The van der Waals surface area contributed by atoms with Crippen LogP contribution in [0.1, 0.15) is 5.69 Å². The third-order valence-corrected chi connectivity index (χ3v) is 1.85. The molecule has 0 atom stereocenters. The molecule has 1 heterocycles. The number of rotatable bonds is 3. The summed E-state index contributed by atoms with van der Waals surface area (Å²) in [5.41, 5.74) is 1.83. The predicted octanol–water partition coefficient (Wildman–Crippen LogP) is 1.41. The second-order valence-electron chi connectivity index (χ2n) is 2.92. The Morgan fingerprint density at radius 3 is 2.79 bits per heavy atom. The van der Waals surface area contributed by atoms with Crippen molar-refractivity contribution in [1.82, 2.24) is 15.0 Å². The van der Waals surface area contributed by atoms with Crippen molar-refractivity contribution in [3.63, 3.8) is 0 Å². The molecule has 0 aliphatic heterocycles. The van der Waals surface area contributed by atoms with Gasteiger partial charge in [-0.05, 0) is 12.1 Å². The van der Waals surface area contributed by atoms with Gasteiger partial charge in [0.1, 0.15) is 5.69 Å². The quantitative estimate of drug-likeness (QED) is 0.733. The van der Waals surface area contributed by atoms with E-state index in [1.807, 2.05) is 36.5 Å². The van der Waals surface area contributed by atoms with Crippen LogP contribution in [0.3, 0.4) is 0 Å². The molecule has 0 aliphatic rings. The zero-order valence-corrected chi connectivity index (χ0v) is 7.92. The molecule has 0 bridgehead atoms. The summed E-state index contributed by atoms with van der Waals surface area (Å²) in [6.07, 6.45) is 1.86. The topological polar surface area (TPSA) is 39.9 Å². The molecule has 0 saturated carbocycles. The van der Waals surface area contributed by atoms with Gasteiger partial charge in [-0.1, -0.05) is 23.4 Å². The number of para-hydroxylation sites is 1. The lowest BCUT2D eigenvalue weighted by molar-refractivity contribution is 0.181. The number of benzene rings is 1. The van der Waals surface area contributed by atoms with Crippen molar-refractivity contribution in [2.75, 3.05) is 7.11 Å². The minimum absolute atomic E-state index is 0.493. The second kappa shape index (κ2) is 4.02. The zero-order valence-electron chi connectivity index (χ0n) is 7.92. The van der Waals surface area contributed by atoms with Crippen molar-refractivity contribution < 1.29 is 4.74 Å². The Morgan fingerprint density at radius 1 is 1.29 bits per heavy atom. The highest BCUT2D eigenvalue weighted by Gasteiger charge is 2.00. The lowest BCUT2D eigenvalue weighted by Gasteiger charge is -1.97. The number of ether oxygens (including phenoxy) is 1. The van der Waals surface area contributed by atoms with Crippen LogP contribution in [0.5, 0.6) is 0 Å². The van der Waals surface area contributed by atoms with E-state index in [4.69, 9.17) is 4.74 Å². The number of hydrogen-bond acceptors (Lipinski definition) is 3. The van der Waals surface area contributed by atoms with Gasteiger partial charge in [-0.15, -0.1) is 5.10 Å². The molecule has 4 heteroatoms. The van der Waals surface area contributed by atoms with Gasteiger partial charge < -0.3 is 4.74 Å². The normalized spacial score (nSPS) is 10.4. The molecule has 0 aliphatic carbocycles. The summed E-state index contributed by atoms with van der Waals surface area (Å²) in [6.45, 7) is 0.493. The molecular formula is C10H11N3O. The Balaban J connectivity index is 2.25. The van der Waals surface area contributed by atoms with E-state index in [2.05, 4.69) is 10.3 Å². The molecule has 1 aromatic heterocycles. The van der Waals surface area contributed by atoms with Crippen LogP contribution in [-0.4, -0.2) is 22.1 Å². The maximum Gasteiger partial charge on any atom is 0.109 e. The minimum atomic E-state index is 0.493. The SMILES string of the molecule is COCc1cn(-c2ccccc2)nn1. The number of hydrogen-bond donors (Lipinski definition) is 0. The second-order valence-corrected chi connectivity index (χ2v) is 2.92. The molecule has 2 rings (SSSR count). The van der Waals surface area contributed by atoms with E-state index < -0.39 is 0 Å². The Kier molecular flexibility index (Phi) is 2.55. The van der Waals surface area contributed by atoms with Crippen molar-refractivity contribution in [3.05, 3.63) is 42.2 Å². The number of aromatic nitrogens is 3. The van der Waals surface area contributed by atoms with Crippen molar-refractivity contribution in [2.24, 2.45) is 0 Å². The van der Waals surface area contributed by atoms with Gasteiger partial charge in [0.05, 0.1) is 18.5 Å². The van der Waals surface area contributed by atoms with Crippen molar-refractivity contribution in [1.29, 1.82) is 0 Å². The summed E-state index contributed by atoms with van der Waals surface area (Å²) in [7, 11) is 1.64. The first-order valence-electron chi connectivity index (χ1n) is 4.36. The van der Waals surface area contributed by atoms with Crippen molar-refractivity contribution in [2.45, 2.75) is 6.61 Å². The monoisotopic (exact) mass is 189 g/mol. The van der Waals surface area contributed by atoms with Crippen LogP contribution in [0, 0.1) is 0 Å². The molecule has 4 nitrogen and oxygen atoms in total. The van der Waals surface area contributed by atoms with Crippen LogP contribution in [0.2, 0.25) is 0 Å². The van der Waals surface area contributed by atoms with Gasteiger partial charge in [0.25, 0.3) is 0 Å². The van der Waals surface area contributed by atoms with E-state index in [0.717, 1.165) is 11.4 Å². The Morgan fingerprint density at radius 2 is 2.07 bits per heavy atom. The smallest absolute Gasteiger partial charge is 0.109 e. The maximum atomic E-state index is 4.96. The molecule has 0 spiro atoms. The average molecular weight is 189 g/mol. The van der Waals surface area contributed by atoms with Crippen LogP contribution < -0.4 is 0 Å². The third-order valence-electron chi connectivity index (χ3n) is 1.85. The van der Waals surface area contributed by atoms with Gasteiger partial charge in [-0.25, -0.2) is 4.68 Å². The Hall–Kier alpha value is -1.68. The molecule has 0 amide bonds. The summed E-state index contributed by atoms with van der Waals surface area (Å²) in [4.78, 5) is 0. The van der Waals surface area contributed by atoms with Gasteiger partial charge in [0, 0.05) is 7.11 Å². The van der Waals surface area contributed by atoms with Crippen LogP contribution in [0.4, 0.5) is 0 Å². The number of nitrogens with zero attached hydrogens (tertiary/aromatic N) is 3. The highest BCUT2D eigenvalue weighted by Crippen LogP contribution is 2.05. The van der Waals surface area contributed by atoms with Crippen molar-refractivity contribution in [3.8, 4) is 5.69 Å². The summed E-state index contributed by atoms with van der Waals surface area (Å²) in [6, 6.07) is 9.85. The van der Waals surface area contributed by atoms with E-state index in [0.29, 0.717) is 6.61 Å². The molecule has 0 saturated heterocycles. The van der Waals surface area contributed by atoms with Crippen molar-refractivity contribution >= 4 is 0 Å². The average Bonchev–Trinajstić information content (AvgIpc) is 2.68.